The van der Waals surface area contributed by atoms with Crippen LogP contribution in [0.2, 0.25) is 0 Å². The molecule has 2 aromatic rings. The molecule has 0 saturated carbocycles. The van der Waals surface area contributed by atoms with Gasteiger partial charge < -0.3 is 5.11 Å². The Morgan fingerprint density at radius 3 is 2.10 bits per heavy atom. The zero-order valence-corrected chi connectivity index (χ0v) is 17.4. The molecule has 6 nitrogen and oxygen atoms in total. The van der Waals surface area contributed by atoms with E-state index in [2.05, 4.69) is 0 Å². The number of nitrogens with one attached hydrogen (secondary N) is 1. The second-order valence-electron chi connectivity index (χ2n) is 7.18. The number of aliphatic hydroxyl groups is 1. The summed E-state index contributed by atoms with van der Waals surface area (Å²) in [7, 11) is -3.70. The number of aliphatic hydroxyl groups excluding tert-OH is 1. The lowest BCUT2D eigenvalue weighted by Gasteiger charge is -2.25. The van der Waals surface area contributed by atoms with Crippen molar-refractivity contribution in [2.75, 3.05) is 12.9 Å². The third-order valence-corrected chi connectivity index (χ3v) is 7.12. The molecule has 0 aliphatic rings. The fourth-order valence-electron chi connectivity index (χ4n) is 2.91. The van der Waals surface area contributed by atoms with Crippen LogP contribution in [0.5, 0.6) is 0 Å². The van der Waals surface area contributed by atoms with Gasteiger partial charge in [0.1, 0.15) is 4.75 Å². The predicted octanol–water partition coefficient (Wildman–Crippen LogP) is 2.99. The first-order valence-corrected chi connectivity index (χ1v) is 11.2. The van der Waals surface area contributed by atoms with E-state index in [1.54, 1.807) is 0 Å². The molecule has 0 bridgehead atoms. The molecule has 0 saturated heterocycles. The minimum atomic E-state index is -3.70. The third-order valence-electron chi connectivity index (χ3n) is 5.09. The zero-order valence-electron chi connectivity index (χ0n) is 16.6. The largest absolute Gasteiger partial charge is 0.396 e. The van der Waals surface area contributed by atoms with Gasteiger partial charge in [0.15, 0.2) is 9.84 Å². The minimum Gasteiger partial charge on any atom is -0.396 e. The van der Waals surface area contributed by atoms with Crippen LogP contribution in [-0.2, 0) is 21.1 Å². The molecule has 2 rings (SSSR count). The van der Waals surface area contributed by atoms with Crippen molar-refractivity contribution in [3.63, 3.8) is 0 Å². The molecular weight excluding hydrogens is 390 g/mol. The van der Waals surface area contributed by atoms with Gasteiger partial charge in [0, 0.05) is 12.9 Å². The Morgan fingerprint density at radius 2 is 1.62 bits per heavy atom. The standard InChI is InChI=1S/C22H27NO5S/c1-22(21(25)23-26,29(2,27)28)15-14-18-8-12-20(13-9-18)19-10-6-17(7-11-19)5-3-4-16-24/h3,5-13,24,26H,4,14-16H2,1-2H3,(H,23,25)/b5-3+. The summed E-state index contributed by atoms with van der Waals surface area (Å²) in [5.41, 5.74) is 5.50. The van der Waals surface area contributed by atoms with Gasteiger partial charge in [0.05, 0.1) is 0 Å². The number of amides is 1. The molecule has 1 amide bonds. The van der Waals surface area contributed by atoms with E-state index in [0.717, 1.165) is 28.5 Å². The number of hydroxylamine groups is 1. The molecule has 3 N–H and O–H groups in total. The van der Waals surface area contributed by atoms with Gasteiger partial charge in [-0.05, 0) is 48.4 Å². The average molecular weight is 418 g/mol. The number of carbonyl (C=O) groups excluding carboxylic acids is 1. The van der Waals surface area contributed by atoms with Crippen molar-refractivity contribution in [3.8, 4) is 11.1 Å². The van der Waals surface area contributed by atoms with Crippen molar-refractivity contribution in [1.29, 1.82) is 0 Å². The maximum Gasteiger partial charge on any atom is 0.264 e. The summed E-state index contributed by atoms with van der Waals surface area (Å²) in [5, 5.41) is 17.7. The van der Waals surface area contributed by atoms with Gasteiger partial charge in [0.25, 0.3) is 5.91 Å². The van der Waals surface area contributed by atoms with Crippen LogP contribution in [0, 0.1) is 0 Å². The molecule has 0 spiro atoms. The van der Waals surface area contributed by atoms with E-state index in [4.69, 9.17) is 10.3 Å². The highest BCUT2D eigenvalue weighted by Crippen LogP contribution is 2.25. The average Bonchev–Trinajstić information content (AvgIpc) is 2.71. The first-order valence-electron chi connectivity index (χ1n) is 9.32. The van der Waals surface area contributed by atoms with Crippen molar-refractivity contribution >= 4 is 21.8 Å². The van der Waals surface area contributed by atoms with Gasteiger partial charge in [-0.1, -0.05) is 60.7 Å². The topological polar surface area (TPSA) is 104 Å². The quantitative estimate of drug-likeness (QED) is 0.430. The Balaban J connectivity index is 2.09. The van der Waals surface area contributed by atoms with Crippen molar-refractivity contribution in [1.82, 2.24) is 5.48 Å². The zero-order chi connectivity index (χ0) is 21.5. The van der Waals surface area contributed by atoms with Crippen molar-refractivity contribution in [2.24, 2.45) is 0 Å². The molecule has 7 heteroatoms. The Bertz CT molecular complexity index is 950. The number of sulfone groups is 1. The van der Waals surface area contributed by atoms with E-state index in [0.29, 0.717) is 12.8 Å². The van der Waals surface area contributed by atoms with Crippen LogP contribution in [0.4, 0.5) is 0 Å². The molecule has 2 aromatic carbocycles. The SMILES string of the molecule is CC(CCc1ccc(-c2ccc(/C=C/CCO)cc2)cc1)(C(=O)NO)S(C)(=O)=O. The smallest absolute Gasteiger partial charge is 0.264 e. The van der Waals surface area contributed by atoms with Gasteiger partial charge in [-0.25, -0.2) is 13.9 Å². The lowest BCUT2D eigenvalue weighted by atomic mass is 9.97. The number of hydrogen-bond donors (Lipinski definition) is 3. The molecule has 0 aliphatic carbocycles. The molecule has 0 aliphatic heterocycles. The third kappa shape index (κ3) is 5.76. The minimum absolute atomic E-state index is 0.0619. The van der Waals surface area contributed by atoms with Crippen LogP contribution < -0.4 is 5.48 Å². The maximum absolute atomic E-state index is 12.0. The first-order chi connectivity index (χ1) is 13.7. The molecule has 29 heavy (non-hydrogen) atoms. The first kappa shape index (κ1) is 22.8. The van der Waals surface area contributed by atoms with E-state index < -0.39 is 20.5 Å². The Hall–Kier alpha value is -2.48. The van der Waals surface area contributed by atoms with E-state index >= 15 is 0 Å². The highest BCUT2D eigenvalue weighted by molar-refractivity contribution is 7.92. The number of rotatable bonds is 9. The molecule has 0 fully saturated rings. The van der Waals surface area contributed by atoms with Gasteiger partial charge in [-0.15, -0.1) is 0 Å². The summed E-state index contributed by atoms with van der Waals surface area (Å²) < 4.78 is 22.4. The van der Waals surface area contributed by atoms with Gasteiger partial charge in [0.2, 0.25) is 0 Å². The fourth-order valence-corrected chi connectivity index (χ4v) is 3.77. The highest BCUT2D eigenvalue weighted by Gasteiger charge is 2.43. The van der Waals surface area contributed by atoms with Crippen LogP contribution in [0.25, 0.3) is 17.2 Å². The van der Waals surface area contributed by atoms with Crippen LogP contribution in [0.15, 0.2) is 54.6 Å². The van der Waals surface area contributed by atoms with Crippen molar-refractivity contribution in [2.45, 2.75) is 30.9 Å². The number of benzene rings is 2. The summed E-state index contributed by atoms with van der Waals surface area (Å²) in [6.45, 7) is 1.45. The molecule has 1 unspecified atom stereocenters. The summed E-state index contributed by atoms with van der Waals surface area (Å²) in [4.78, 5) is 11.9. The lowest BCUT2D eigenvalue weighted by Crippen LogP contribution is -2.49. The van der Waals surface area contributed by atoms with E-state index in [1.165, 1.54) is 12.4 Å². The normalized spacial score (nSPS) is 13.9. The van der Waals surface area contributed by atoms with Crippen LogP contribution in [0.1, 0.15) is 30.9 Å². The van der Waals surface area contributed by atoms with Crippen LogP contribution in [-0.4, -0.2) is 42.2 Å². The predicted molar refractivity (Wildman–Crippen MR) is 114 cm³/mol. The monoisotopic (exact) mass is 417 g/mol. The molecule has 0 radical (unpaired) electrons. The number of aryl methyl sites for hydroxylation is 1. The summed E-state index contributed by atoms with van der Waals surface area (Å²) in [5.74, 6) is -0.926. The molecule has 0 aromatic heterocycles. The van der Waals surface area contributed by atoms with Gasteiger partial charge in [-0.3, -0.25) is 10.0 Å². The van der Waals surface area contributed by atoms with E-state index in [-0.39, 0.29) is 13.0 Å². The second-order valence-corrected chi connectivity index (χ2v) is 9.62. The van der Waals surface area contributed by atoms with Gasteiger partial charge in [-0.2, -0.15) is 0 Å². The Labute approximate surface area is 171 Å². The Kier molecular flexibility index (Phi) is 7.73. The number of hydrogen-bond acceptors (Lipinski definition) is 5. The van der Waals surface area contributed by atoms with Crippen LogP contribution >= 0.6 is 0 Å². The summed E-state index contributed by atoms with van der Waals surface area (Å²) >= 11 is 0. The van der Waals surface area contributed by atoms with Crippen molar-refractivity contribution in [3.05, 3.63) is 65.7 Å². The highest BCUT2D eigenvalue weighted by atomic mass is 32.2. The number of carbonyl (C=O) groups is 1. The second kappa shape index (κ2) is 9.82. The van der Waals surface area contributed by atoms with Gasteiger partial charge >= 0.3 is 0 Å². The Morgan fingerprint density at radius 1 is 1.07 bits per heavy atom. The van der Waals surface area contributed by atoms with E-state index in [9.17, 15) is 13.2 Å². The fraction of sp³-hybridized carbons (Fsp3) is 0.318. The maximum atomic E-state index is 12.0. The molecule has 1 atom stereocenters. The molecular formula is C22H27NO5S. The lowest BCUT2D eigenvalue weighted by molar-refractivity contribution is -0.131. The van der Waals surface area contributed by atoms with E-state index in [1.807, 2.05) is 60.7 Å². The summed E-state index contributed by atoms with van der Waals surface area (Å²) in [6.07, 6.45) is 5.95. The molecule has 156 valence electrons. The van der Waals surface area contributed by atoms with Crippen LogP contribution in [0.3, 0.4) is 0 Å². The molecule has 0 heterocycles. The summed E-state index contributed by atoms with van der Waals surface area (Å²) in [6, 6.07) is 15.8. The van der Waals surface area contributed by atoms with Crippen molar-refractivity contribution < 1.29 is 23.5 Å².